The predicted octanol–water partition coefficient (Wildman–Crippen LogP) is 4.50. The molecule has 0 bridgehead atoms. The zero-order chi connectivity index (χ0) is 24.0. The number of esters is 1. The molecule has 2 aromatic rings. The number of halogens is 3. The van der Waals surface area contributed by atoms with Crippen LogP contribution in [0.3, 0.4) is 0 Å². The highest BCUT2D eigenvalue weighted by Gasteiger charge is 2.39. The minimum atomic E-state index is -4.67. The van der Waals surface area contributed by atoms with Gasteiger partial charge in [-0.05, 0) is 49.1 Å². The number of benzene rings is 2. The lowest BCUT2D eigenvalue weighted by atomic mass is 9.99. The number of piperidine rings is 1. The third-order valence-corrected chi connectivity index (χ3v) is 5.58. The Balaban J connectivity index is 1.68. The summed E-state index contributed by atoms with van der Waals surface area (Å²) in [4.78, 5) is 27.0. The Bertz CT molecular complexity index is 992. The van der Waals surface area contributed by atoms with E-state index in [-0.39, 0.29) is 13.2 Å². The smallest absolute Gasteiger partial charge is 0.417 e. The Hall–Kier alpha value is -3.23. The molecule has 0 N–H and O–H groups in total. The summed E-state index contributed by atoms with van der Waals surface area (Å²) in [5.74, 6) is -0.306. The predicted molar refractivity (Wildman–Crippen MR) is 114 cm³/mol. The van der Waals surface area contributed by atoms with Crippen molar-refractivity contribution in [3.63, 3.8) is 0 Å². The fraction of sp³-hybridized carbons (Fsp3) is 0.417. The number of alkyl halides is 3. The van der Waals surface area contributed by atoms with Crippen molar-refractivity contribution >= 4 is 11.9 Å². The maximum absolute atomic E-state index is 13.4. The van der Waals surface area contributed by atoms with Crippen molar-refractivity contribution in [2.24, 2.45) is 0 Å². The average molecular weight is 465 g/mol. The molecule has 1 aliphatic rings. The van der Waals surface area contributed by atoms with E-state index in [0.717, 1.165) is 17.7 Å². The molecule has 6 nitrogen and oxygen atoms in total. The normalized spacial score (nSPS) is 16.3. The number of hydrogen-bond acceptors (Lipinski definition) is 5. The minimum absolute atomic E-state index is 0.0615. The van der Waals surface area contributed by atoms with Crippen LogP contribution < -0.4 is 9.47 Å². The molecule has 0 spiro atoms. The summed E-state index contributed by atoms with van der Waals surface area (Å²) < 4.78 is 56.0. The van der Waals surface area contributed by atoms with Gasteiger partial charge in [0.15, 0.2) is 11.5 Å². The van der Waals surface area contributed by atoms with Crippen molar-refractivity contribution in [3.8, 4) is 11.5 Å². The van der Waals surface area contributed by atoms with Gasteiger partial charge in [-0.15, -0.1) is 0 Å². The van der Waals surface area contributed by atoms with Gasteiger partial charge in [-0.3, -0.25) is 4.79 Å². The van der Waals surface area contributed by atoms with E-state index >= 15 is 0 Å². The molecule has 33 heavy (non-hydrogen) atoms. The molecule has 1 heterocycles. The van der Waals surface area contributed by atoms with Crippen molar-refractivity contribution in [3.05, 3.63) is 59.2 Å². The first-order valence-corrected chi connectivity index (χ1v) is 10.6. The Labute approximate surface area is 190 Å². The first-order chi connectivity index (χ1) is 15.8. The molecule has 1 unspecified atom stereocenters. The largest absolute Gasteiger partial charge is 0.493 e. The zero-order valence-electron chi connectivity index (χ0n) is 18.5. The fourth-order valence-corrected chi connectivity index (χ4v) is 3.89. The van der Waals surface area contributed by atoms with Gasteiger partial charge in [0.2, 0.25) is 0 Å². The van der Waals surface area contributed by atoms with E-state index < -0.39 is 35.2 Å². The van der Waals surface area contributed by atoms with Gasteiger partial charge in [0.1, 0.15) is 6.04 Å². The number of nitrogens with zero attached hydrogens (tertiary/aromatic N) is 1. The van der Waals surface area contributed by atoms with Crippen molar-refractivity contribution in [1.29, 1.82) is 0 Å². The topological polar surface area (TPSA) is 65.1 Å². The van der Waals surface area contributed by atoms with Gasteiger partial charge in [0.05, 0.1) is 32.0 Å². The van der Waals surface area contributed by atoms with Gasteiger partial charge >= 0.3 is 12.1 Å². The van der Waals surface area contributed by atoms with Crippen LogP contribution in [0.4, 0.5) is 13.2 Å². The van der Waals surface area contributed by atoms with E-state index in [1.807, 2.05) is 6.07 Å². The summed E-state index contributed by atoms with van der Waals surface area (Å²) in [6, 6.07) is 9.04. The lowest BCUT2D eigenvalue weighted by Gasteiger charge is -2.34. The molecular weight excluding hydrogens is 439 g/mol. The molecule has 1 fully saturated rings. The Kier molecular flexibility index (Phi) is 7.84. The van der Waals surface area contributed by atoms with Crippen LogP contribution >= 0.6 is 0 Å². The average Bonchev–Trinajstić information content (AvgIpc) is 2.82. The van der Waals surface area contributed by atoms with Crippen LogP contribution in [0.2, 0.25) is 0 Å². The van der Waals surface area contributed by atoms with E-state index in [2.05, 4.69) is 0 Å². The summed E-state index contributed by atoms with van der Waals surface area (Å²) in [5, 5.41) is 0. The van der Waals surface area contributed by atoms with E-state index in [1.165, 1.54) is 31.3 Å². The van der Waals surface area contributed by atoms with Gasteiger partial charge in [-0.2, -0.15) is 13.2 Å². The SMILES string of the molecule is COc1ccc(CCOC(=O)C2CCCCN2C(=O)c2ccccc2C(F)(F)F)cc1OC. The standard InChI is InChI=1S/C24H26F3NO5/c1-31-20-11-10-16(15-21(20)32-2)12-14-33-23(30)19-9-5-6-13-28(19)22(29)17-7-3-4-8-18(17)24(25,26)27/h3-4,7-8,10-11,15,19H,5-6,9,12-14H2,1-2H3. The van der Waals surface area contributed by atoms with Crippen LogP contribution in [0, 0.1) is 0 Å². The number of ether oxygens (including phenoxy) is 3. The van der Waals surface area contributed by atoms with Crippen LogP contribution in [-0.4, -0.2) is 50.2 Å². The number of hydrogen-bond donors (Lipinski definition) is 0. The minimum Gasteiger partial charge on any atom is -0.493 e. The fourth-order valence-electron chi connectivity index (χ4n) is 3.89. The third kappa shape index (κ3) is 5.77. The van der Waals surface area contributed by atoms with Crippen molar-refractivity contribution in [1.82, 2.24) is 4.90 Å². The lowest BCUT2D eigenvalue weighted by molar-refractivity contribution is -0.150. The molecule has 2 aromatic carbocycles. The van der Waals surface area contributed by atoms with Crippen LogP contribution in [0.1, 0.15) is 40.7 Å². The van der Waals surface area contributed by atoms with Crippen LogP contribution in [0.15, 0.2) is 42.5 Å². The molecule has 1 saturated heterocycles. The molecule has 1 aliphatic heterocycles. The maximum Gasteiger partial charge on any atom is 0.417 e. The summed E-state index contributed by atoms with van der Waals surface area (Å²) >= 11 is 0. The molecule has 0 radical (unpaired) electrons. The van der Waals surface area contributed by atoms with Gasteiger partial charge in [0, 0.05) is 13.0 Å². The zero-order valence-corrected chi connectivity index (χ0v) is 18.5. The number of rotatable bonds is 7. The van der Waals surface area contributed by atoms with E-state index in [1.54, 1.807) is 12.1 Å². The highest BCUT2D eigenvalue weighted by Crippen LogP contribution is 2.33. The molecule has 1 atom stereocenters. The first kappa shape index (κ1) is 24.4. The summed E-state index contributed by atoms with van der Waals surface area (Å²) in [6.07, 6.45) is -2.63. The Morgan fingerprint density at radius 3 is 2.45 bits per heavy atom. The van der Waals surface area contributed by atoms with Crippen molar-refractivity contribution in [2.45, 2.75) is 37.9 Å². The van der Waals surface area contributed by atoms with Crippen molar-refractivity contribution < 1.29 is 37.0 Å². The van der Waals surface area contributed by atoms with E-state index in [4.69, 9.17) is 14.2 Å². The monoisotopic (exact) mass is 465 g/mol. The van der Waals surface area contributed by atoms with Crippen LogP contribution in [-0.2, 0) is 22.1 Å². The van der Waals surface area contributed by atoms with Gasteiger partial charge in [-0.1, -0.05) is 18.2 Å². The molecule has 1 amide bonds. The first-order valence-electron chi connectivity index (χ1n) is 10.6. The maximum atomic E-state index is 13.4. The van der Waals surface area contributed by atoms with Crippen LogP contribution in [0.5, 0.6) is 11.5 Å². The number of methoxy groups -OCH3 is 2. The van der Waals surface area contributed by atoms with Gasteiger partial charge < -0.3 is 19.1 Å². The second kappa shape index (κ2) is 10.6. The molecule has 0 saturated carbocycles. The quantitative estimate of drug-likeness (QED) is 0.564. The van der Waals surface area contributed by atoms with Crippen molar-refractivity contribution in [2.75, 3.05) is 27.4 Å². The number of carbonyl (C=O) groups excluding carboxylic acids is 2. The Morgan fingerprint density at radius 2 is 1.76 bits per heavy atom. The van der Waals surface area contributed by atoms with E-state index in [0.29, 0.717) is 37.2 Å². The van der Waals surface area contributed by atoms with Gasteiger partial charge in [-0.25, -0.2) is 4.79 Å². The molecule has 9 heteroatoms. The highest BCUT2D eigenvalue weighted by molar-refractivity contribution is 5.98. The second-order valence-electron chi connectivity index (χ2n) is 7.66. The second-order valence-corrected chi connectivity index (χ2v) is 7.66. The van der Waals surface area contributed by atoms with Crippen LogP contribution in [0.25, 0.3) is 0 Å². The summed E-state index contributed by atoms with van der Waals surface area (Å²) in [6.45, 7) is 0.256. The number of amides is 1. The molecule has 178 valence electrons. The molecular formula is C24H26F3NO5. The molecule has 3 rings (SSSR count). The highest BCUT2D eigenvalue weighted by atomic mass is 19.4. The molecule has 0 aromatic heterocycles. The third-order valence-electron chi connectivity index (χ3n) is 5.58. The molecule has 0 aliphatic carbocycles. The lowest BCUT2D eigenvalue weighted by Crippen LogP contribution is -2.49. The number of likely N-dealkylation sites (tertiary alicyclic amines) is 1. The summed E-state index contributed by atoms with van der Waals surface area (Å²) in [5.41, 5.74) is -0.618. The van der Waals surface area contributed by atoms with Gasteiger partial charge in [0.25, 0.3) is 5.91 Å². The summed E-state index contributed by atoms with van der Waals surface area (Å²) in [7, 11) is 3.05. The Morgan fingerprint density at radius 1 is 1.03 bits per heavy atom. The number of carbonyl (C=O) groups is 2. The van der Waals surface area contributed by atoms with E-state index in [9.17, 15) is 22.8 Å².